The zero-order valence-electron chi connectivity index (χ0n) is 10.0. The second kappa shape index (κ2) is 6.00. The quantitative estimate of drug-likeness (QED) is 0.879. The van der Waals surface area contributed by atoms with Gasteiger partial charge in [0.15, 0.2) is 0 Å². The number of nitrogens with zero attached hydrogens (tertiary/aromatic N) is 1. The molecule has 1 aromatic heterocycles. The third kappa shape index (κ3) is 3.33. The molecule has 7 heteroatoms. The highest BCUT2D eigenvalue weighted by atomic mass is 79.9. The van der Waals surface area contributed by atoms with Crippen molar-refractivity contribution in [2.24, 2.45) is 5.73 Å². The normalized spacial score (nSPS) is 10.5. The minimum absolute atomic E-state index is 0.281. The first-order chi connectivity index (χ1) is 9.01. The molecule has 0 aliphatic heterocycles. The Hall–Kier alpha value is -0.950. The van der Waals surface area contributed by atoms with E-state index in [0.29, 0.717) is 22.9 Å². The molecule has 3 N–H and O–H groups in total. The lowest BCUT2D eigenvalue weighted by molar-refractivity contribution is 0.102. The summed E-state index contributed by atoms with van der Waals surface area (Å²) in [7, 11) is 0. The van der Waals surface area contributed by atoms with Gasteiger partial charge in [0.1, 0.15) is 10.7 Å². The molecular formula is C12H11BrClN3OS. The number of aryl methyl sites for hydroxylation is 1. The van der Waals surface area contributed by atoms with Gasteiger partial charge in [-0.25, -0.2) is 4.98 Å². The molecule has 0 unspecified atom stereocenters. The smallest absolute Gasteiger partial charge is 0.275 e. The summed E-state index contributed by atoms with van der Waals surface area (Å²) in [6, 6.07) is 3.55. The maximum atomic E-state index is 12.0. The Labute approximate surface area is 128 Å². The predicted octanol–water partition coefficient (Wildman–Crippen LogP) is 3.58. The van der Waals surface area contributed by atoms with E-state index in [2.05, 4.69) is 26.2 Å². The fraction of sp³-hybridized carbons (Fsp3) is 0.167. The first-order valence-electron chi connectivity index (χ1n) is 5.42. The van der Waals surface area contributed by atoms with Crippen LogP contribution in [0.3, 0.4) is 0 Å². The molecule has 2 rings (SSSR count). The van der Waals surface area contributed by atoms with Gasteiger partial charge in [0.2, 0.25) is 0 Å². The van der Waals surface area contributed by atoms with E-state index in [1.165, 1.54) is 11.3 Å². The number of thiazole rings is 1. The molecule has 0 aliphatic rings. The number of rotatable bonds is 3. The molecule has 19 heavy (non-hydrogen) atoms. The highest BCUT2D eigenvalue weighted by Crippen LogP contribution is 2.29. The molecule has 0 saturated carbocycles. The molecule has 1 heterocycles. The van der Waals surface area contributed by atoms with Crippen molar-refractivity contribution in [2.75, 3.05) is 5.32 Å². The summed E-state index contributed by atoms with van der Waals surface area (Å²) in [5.74, 6) is -0.281. The Morgan fingerprint density at radius 2 is 2.32 bits per heavy atom. The van der Waals surface area contributed by atoms with Crippen LogP contribution in [0, 0.1) is 6.92 Å². The van der Waals surface area contributed by atoms with Crippen molar-refractivity contribution in [2.45, 2.75) is 13.5 Å². The van der Waals surface area contributed by atoms with Gasteiger partial charge < -0.3 is 11.1 Å². The van der Waals surface area contributed by atoms with E-state index in [9.17, 15) is 4.79 Å². The lowest BCUT2D eigenvalue weighted by atomic mass is 10.2. The summed E-state index contributed by atoms with van der Waals surface area (Å²) in [6.45, 7) is 2.23. The minimum atomic E-state index is -0.281. The first-order valence-corrected chi connectivity index (χ1v) is 7.47. The second-order valence-electron chi connectivity index (χ2n) is 3.87. The molecule has 0 bridgehead atoms. The SMILES string of the molecule is Cc1cc(Br)c(NC(=O)c2csc(CN)n2)cc1Cl. The van der Waals surface area contributed by atoms with Gasteiger partial charge >= 0.3 is 0 Å². The van der Waals surface area contributed by atoms with Crippen LogP contribution in [-0.4, -0.2) is 10.9 Å². The van der Waals surface area contributed by atoms with Crippen molar-refractivity contribution in [1.29, 1.82) is 0 Å². The van der Waals surface area contributed by atoms with Crippen molar-refractivity contribution in [1.82, 2.24) is 4.98 Å². The summed E-state index contributed by atoms with van der Waals surface area (Å²) in [6.07, 6.45) is 0. The van der Waals surface area contributed by atoms with E-state index >= 15 is 0 Å². The monoisotopic (exact) mass is 359 g/mol. The number of hydrogen-bond acceptors (Lipinski definition) is 4. The maximum absolute atomic E-state index is 12.0. The number of benzene rings is 1. The van der Waals surface area contributed by atoms with Gasteiger partial charge in [-0.3, -0.25) is 4.79 Å². The third-order valence-corrected chi connectivity index (χ3v) is 4.39. The number of nitrogens with two attached hydrogens (primary N) is 1. The van der Waals surface area contributed by atoms with Crippen LogP contribution in [-0.2, 0) is 6.54 Å². The molecule has 1 amide bonds. The minimum Gasteiger partial charge on any atom is -0.325 e. The van der Waals surface area contributed by atoms with Crippen LogP contribution in [0.15, 0.2) is 22.0 Å². The highest BCUT2D eigenvalue weighted by Gasteiger charge is 2.13. The Bertz CT molecular complexity index is 629. The van der Waals surface area contributed by atoms with Crippen LogP contribution >= 0.6 is 38.9 Å². The van der Waals surface area contributed by atoms with Gasteiger partial charge in [-0.05, 0) is 40.5 Å². The van der Waals surface area contributed by atoms with Crippen molar-refractivity contribution < 1.29 is 4.79 Å². The van der Waals surface area contributed by atoms with Gasteiger partial charge in [-0.2, -0.15) is 0 Å². The Kier molecular flexibility index (Phi) is 4.57. The van der Waals surface area contributed by atoms with Crippen LogP contribution in [0.2, 0.25) is 5.02 Å². The van der Waals surface area contributed by atoms with E-state index < -0.39 is 0 Å². The molecule has 1 aromatic carbocycles. The van der Waals surface area contributed by atoms with Crippen LogP contribution in [0.4, 0.5) is 5.69 Å². The van der Waals surface area contributed by atoms with Crippen LogP contribution in [0.25, 0.3) is 0 Å². The number of carbonyl (C=O) groups excluding carboxylic acids is 1. The molecule has 0 spiro atoms. The fourth-order valence-electron chi connectivity index (χ4n) is 1.44. The van der Waals surface area contributed by atoms with Crippen molar-refractivity contribution in [3.05, 3.63) is 43.3 Å². The third-order valence-electron chi connectivity index (χ3n) is 2.46. The molecule has 0 aliphatic carbocycles. The molecular weight excluding hydrogens is 350 g/mol. The number of carbonyl (C=O) groups is 1. The molecule has 0 radical (unpaired) electrons. The molecule has 4 nitrogen and oxygen atoms in total. The van der Waals surface area contributed by atoms with Gasteiger partial charge in [-0.15, -0.1) is 11.3 Å². The summed E-state index contributed by atoms with van der Waals surface area (Å²) in [5, 5.41) is 5.77. The Balaban J connectivity index is 2.21. The number of anilines is 1. The average molecular weight is 361 g/mol. The van der Waals surface area contributed by atoms with Gasteiger partial charge in [-0.1, -0.05) is 11.6 Å². The molecule has 100 valence electrons. The van der Waals surface area contributed by atoms with E-state index in [1.807, 2.05) is 13.0 Å². The Morgan fingerprint density at radius 3 is 2.95 bits per heavy atom. The van der Waals surface area contributed by atoms with E-state index in [-0.39, 0.29) is 5.91 Å². The number of hydrogen-bond donors (Lipinski definition) is 2. The summed E-state index contributed by atoms with van der Waals surface area (Å²) in [4.78, 5) is 16.1. The number of halogens is 2. The highest BCUT2D eigenvalue weighted by molar-refractivity contribution is 9.10. The van der Waals surface area contributed by atoms with Gasteiger partial charge in [0, 0.05) is 21.4 Å². The topological polar surface area (TPSA) is 68.0 Å². The molecule has 0 atom stereocenters. The lowest BCUT2D eigenvalue weighted by Gasteiger charge is -2.08. The zero-order valence-corrected chi connectivity index (χ0v) is 13.2. The van der Waals surface area contributed by atoms with Crippen molar-refractivity contribution >= 4 is 50.5 Å². The number of aromatic nitrogens is 1. The molecule has 0 saturated heterocycles. The summed E-state index contributed by atoms with van der Waals surface area (Å²) < 4.78 is 0.775. The van der Waals surface area contributed by atoms with E-state index in [4.69, 9.17) is 17.3 Å². The summed E-state index contributed by atoms with van der Waals surface area (Å²) >= 11 is 10.8. The van der Waals surface area contributed by atoms with Crippen molar-refractivity contribution in [3.8, 4) is 0 Å². The Morgan fingerprint density at radius 1 is 1.58 bits per heavy atom. The van der Waals surface area contributed by atoms with E-state index in [0.717, 1.165) is 15.0 Å². The van der Waals surface area contributed by atoms with Crippen LogP contribution in [0.1, 0.15) is 21.1 Å². The molecule has 2 aromatic rings. The summed E-state index contributed by atoms with van der Waals surface area (Å²) in [5.41, 5.74) is 7.37. The second-order valence-corrected chi connectivity index (χ2v) is 6.07. The predicted molar refractivity (Wildman–Crippen MR) is 81.8 cm³/mol. The number of amides is 1. The fourth-order valence-corrected chi connectivity index (χ4v) is 2.81. The standard InChI is InChI=1S/C12H11BrClN3OS/c1-6-2-7(13)9(3-8(6)14)17-12(18)10-5-19-11(4-15)16-10/h2-3,5H,4,15H2,1H3,(H,17,18). The van der Waals surface area contributed by atoms with E-state index in [1.54, 1.807) is 11.4 Å². The molecule has 0 fully saturated rings. The van der Waals surface area contributed by atoms with Crippen LogP contribution < -0.4 is 11.1 Å². The first kappa shape index (κ1) is 14.5. The van der Waals surface area contributed by atoms with Crippen molar-refractivity contribution in [3.63, 3.8) is 0 Å². The zero-order chi connectivity index (χ0) is 14.0. The van der Waals surface area contributed by atoms with Crippen LogP contribution in [0.5, 0.6) is 0 Å². The largest absolute Gasteiger partial charge is 0.325 e. The average Bonchev–Trinajstić information content (AvgIpc) is 2.84. The van der Waals surface area contributed by atoms with Gasteiger partial charge in [0.25, 0.3) is 5.91 Å². The lowest BCUT2D eigenvalue weighted by Crippen LogP contribution is -2.13. The maximum Gasteiger partial charge on any atom is 0.275 e. The number of nitrogens with one attached hydrogen (secondary N) is 1. The van der Waals surface area contributed by atoms with Gasteiger partial charge in [0.05, 0.1) is 5.69 Å².